The standard InChI is InChI=1S/C13H13BrFN3/c1-8-2-3-9(6-11(8)15)13-17-16-12(7-14)18(13)10-4-5-10/h2-3,6,10H,4-5,7H2,1H3. The zero-order valence-corrected chi connectivity index (χ0v) is 11.6. The molecule has 94 valence electrons. The predicted octanol–water partition coefficient (Wildman–Crippen LogP) is 3.62. The first-order valence-corrected chi connectivity index (χ1v) is 7.09. The van der Waals surface area contributed by atoms with E-state index < -0.39 is 0 Å². The Morgan fingerprint density at radius 3 is 2.78 bits per heavy atom. The number of benzene rings is 1. The average molecular weight is 310 g/mol. The summed E-state index contributed by atoms with van der Waals surface area (Å²) in [6.07, 6.45) is 2.30. The van der Waals surface area contributed by atoms with Gasteiger partial charge in [0, 0.05) is 11.6 Å². The minimum absolute atomic E-state index is 0.196. The van der Waals surface area contributed by atoms with Gasteiger partial charge in [-0.2, -0.15) is 0 Å². The van der Waals surface area contributed by atoms with Gasteiger partial charge in [0.15, 0.2) is 5.82 Å². The predicted molar refractivity (Wildman–Crippen MR) is 71.1 cm³/mol. The molecule has 0 N–H and O–H groups in total. The summed E-state index contributed by atoms with van der Waals surface area (Å²) < 4.78 is 15.8. The maximum atomic E-state index is 13.6. The highest BCUT2D eigenvalue weighted by molar-refractivity contribution is 9.08. The number of rotatable bonds is 3. The number of aromatic nitrogens is 3. The van der Waals surface area contributed by atoms with Crippen LogP contribution in [0.15, 0.2) is 18.2 Å². The zero-order valence-electron chi connectivity index (χ0n) is 10.0. The molecule has 0 amide bonds. The normalized spacial score (nSPS) is 15.1. The number of nitrogens with zero attached hydrogens (tertiary/aromatic N) is 3. The van der Waals surface area contributed by atoms with Crippen LogP contribution < -0.4 is 0 Å². The van der Waals surface area contributed by atoms with Crippen molar-refractivity contribution in [3.63, 3.8) is 0 Å². The molecular weight excluding hydrogens is 297 g/mol. The van der Waals surface area contributed by atoms with Gasteiger partial charge in [-0.05, 0) is 31.4 Å². The minimum Gasteiger partial charge on any atom is -0.307 e. The summed E-state index contributed by atoms with van der Waals surface area (Å²) in [5, 5.41) is 9.05. The molecule has 1 saturated carbocycles. The zero-order chi connectivity index (χ0) is 12.7. The molecular formula is C13H13BrFN3. The number of halogens is 2. The van der Waals surface area contributed by atoms with Crippen molar-refractivity contribution in [3.8, 4) is 11.4 Å². The highest BCUT2D eigenvalue weighted by Gasteiger charge is 2.29. The van der Waals surface area contributed by atoms with Gasteiger partial charge in [0.2, 0.25) is 0 Å². The fourth-order valence-corrected chi connectivity index (χ4v) is 2.44. The largest absolute Gasteiger partial charge is 0.307 e. The van der Waals surface area contributed by atoms with E-state index in [-0.39, 0.29) is 5.82 Å². The first-order valence-electron chi connectivity index (χ1n) is 5.97. The third-order valence-electron chi connectivity index (χ3n) is 3.23. The molecule has 1 aromatic heterocycles. The third kappa shape index (κ3) is 1.96. The summed E-state index contributed by atoms with van der Waals surface area (Å²) in [5.41, 5.74) is 1.45. The van der Waals surface area contributed by atoms with Gasteiger partial charge >= 0.3 is 0 Å². The van der Waals surface area contributed by atoms with Gasteiger partial charge in [-0.25, -0.2) is 4.39 Å². The van der Waals surface area contributed by atoms with Crippen LogP contribution in [0.3, 0.4) is 0 Å². The van der Waals surface area contributed by atoms with E-state index in [0.29, 0.717) is 16.9 Å². The quantitative estimate of drug-likeness (QED) is 0.811. The van der Waals surface area contributed by atoms with E-state index in [1.165, 1.54) is 6.07 Å². The molecule has 0 atom stereocenters. The van der Waals surface area contributed by atoms with Crippen LogP contribution in [0.2, 0.25) is 0 Å². The van der Waals surface area contributed by atoms with Crippen molar-refractivity contribution >= 4 is 15.9 Å². The molecule has 1 heterocycles. The Morgan fingerprint density at radius 2 is 2.17 bits per heavy atom. The molecule has 1 fully saturated rings. The van der Waals surface area contributed by atoms with E-state index in [2.05, 4.69) is 30.7 Å². The summed E-state index contributed by atoms with van der Waals surface area (Å²) in [6.45, 7) is 1.76. The lowest BCUT2D eigenvalue weighted by atomic mass is 10.1. The highest BCUT2D eigenvalue weighted by atomic mass is 79.9. The maximum absolute atomic E-state index is 13.6. The number of hydrogen-bond donors (Lipinski definition) is 0. The van der Waals surface area contributed by atoms with Crippen molar-refractivity contribution in [1.82, 2.24) is 14.8 Å². The van der Waals surface area contributed by atoms with Crippen molar-refractivity contribution < 1.29 is 4.39 Å². The van der Waals surface area contributed by atoms with Crippen LogP contribution in [0, 0.1) is 12.7 Å². The van der Waals surface area contributed by atoms with E-state index in [9.17, 15) is 4.39 Å². The van der Waals surface area contributed by atoms with Gasteiger partial charge in [0.05, 0.1) is 5.33 Å². The molecule has 0 spiro atoms. The average Bonchev–Trinajstić information content (AvgIpc) is 3.12. The Morgan fingerprint density at radius 1 is 1.39 bits per heavy atom. The van der Waals surface area contributed by atoms with Gasteiger partial charge in [-0.1, -0.05) is 28.1 Å². The van der Waals surface area contributed by atoms with Crippen LogP contribution in [0.4, 0.5) is 4.39 Å². The van der Waals surface area contributed by atoms with E-state index in [0.717, 1.165) is 30.1 Å². The first kappa shape index (κ1) is 11.8. The summed E-state index contributed by atoms with van der Waals surface area (Å²) >= 11 is 3.42. The summed E-state index contributed by atoms with van der Waals surface area (Å²) in [5.74, 6) is 1.48. The van der Waals surface area contributed by atoms with E-state index >= 15 is 0 Å². The molecule has 5 heteroatoms. The highest BCUT2D eigenvalue weighted by Crippen LogP contribution is 2.39. The molecule has 0 bridgehead atoms. The number of aryl methyl sites for hydroxylation is 1. The van der Waals surface area contributed by atoms with Gasteiger partial charge < -0.3 is 4.57 Å². The molecule has 1 aromatic carbocycles. The van der Waals surface area contributed by atoms with Crippen LogP contribution in [0.1, 0.15) is 30.3 Å². The van der Waals surface area contributed by atoms with Gasteiger partial charge in [0.1, 0.15) is 11.6 Å². The van der Waals surface area contributed by atoms with Gasteiger partial charge in [-0.3, -0.25) is 0 Å². The third-order valence-corrected chi connectivity index (χ3v) is 3.73. The molecule has 2 aromatic rings. The Bertz CT molecular complexity index is 590. The van der Waals surface area contributed by atoms with Crippen LogP contribution in [-0.2, 0) is 5.33 Å². The number of alkyl halides is 1. The van der Waals surface area contributed by atoms with Crippen molar-refractivity contribution in [3.05, 3.63) is 35.4 Å². The Hall–Kier alpha value is -1.23. The van der Waals surface area contributed by atoms with Crippen molar-refractivity contribution in [2.45, 2.75) is 31.1 Å². The molecule has 18 heavy (non-hydrogen) atoms. The molecule has 3 rings (SSSR count). The lowest BCUT2D eigenvalue weighted by molar-refractivity contribution is 0.618. The van der Waals surface area contributed by atoms with Crippen LogP contribution >= 0.6 is 15.9 Å². The Balaban J connectivity index is 2.10. The second-order valence-corrected chi connectivity index (χ2v) is 5.20. The fourth-order valence-electron chi connectivity index (χ4n) is 2.06. The SMILES string of the molecule is Cc1ccc(-c2nnc(CBr)n2C2CC2)cc1F. The fraction of sp³-hybridized carbons (Fsp3) is 0.385. The smallest absolute Gasteiger partial charge is 0.164 e. The van der Waals surface area contributed by atoms with Crippen molar-refractivity contribution in [2.75, 3.05) is 0 Å². The van der Waals surface area contributed by atoms with Crippen LogP contribution in [0.25, 0.3) is 11.4 Å². The molecule has 1 aliphatic rings. The van der Waals surface area contributed by atoms with Crippen LogP contribution in [0.5, 0.6) is 0 Å². The lowest BCUT2D eigenvalue weighted by Crippen LogP contribution is -2.02. The molecule has 1 aliphatic carbocycles. The van der Waals surface area contributed by atoms with Crippen molar-refractivity contribution in [1.29, 1.82) is 0 Å². The topological polar surface area (TPSA) is 30.7 Å². The first-order chi connectivity index (χ1) is 8.70. The maximum Gasteiger partial charge on any atom is 0.164 e. The summed E-state index contributed by atoms with van der Waals surface area (Å²) in [4.78, 5) is 0. The Labute approximate surface area is 113 Å². The van der Waals surface area contributed by atoms with Crippen LogP contribution in [-0.4, -0.2) is 14.8 Å². The van der Waals surface area contributed by atoms with Gasteiger partial charge in [-0.15, -0.1) is 10.2 Å². The van der Waals surface area contributed by atoms with Gasteiger partial charge in [0.25, 0.3) is 0 Å². The van der Waals surface area contributed by atoms with E-state index in [4.69, 9.17) is 0 Å². The summed E-state index contributed by atoms with van der Waals surface area (Å²) in [6, 6.07) is 5.70. The molecule has 0 aliphatic heterocycles. The summed E-state index contributed by atoms with van der Waals surface area (Å²) in [7, 11) is 0. The second kappa shape index (κ2) is 4.46. The molecule has 0 radical (unpaired) electrons. The minimum atomic E-state index is -0.196. The second-order valence-electron chi connectivity index (χ2n) is 4.64. The lowest BCUT2D eigenvalue weighted by Gasteiger charge is -2.08. The van der Waals surface area contributed by atoms with Crippen molar-refractivity contribution in [2.24, 2.45) is 0 Å². The molecule has 0 unspecified atom stereocenters. The monoisotopic (exact) mass is 309 g/mol. The van der Waals surface area contributed by atoms with E-state index in [1.807, 2.05) is 6.07 Å². The van der Waals surface area contributed by atoms with E-state index in [1.54, 1.807) is 13.0 Å². The molecule has 3 nitrogen and oxygen atoms in total. The Kier molecular flexibility index (Phi) is 2.93. The molecule has 0 saturated heterocycles. The number of hydrogen-bond acceptors (Lipinski definition) is 2.